The third-order valence-electron chi connectivity index (χ3n) is 2.25. The van der Waals surface area contributed by atoms with Crippen LogP contribution in [0, 0.1) is 0 Å². The van der Waals surface area contributed by atoms with Gasteiger partial charge in [0.25, 0.3) is 0 Å². The number of rotatable bonds is 1. The lowest BCUT2D eigenvalue weighted by molar-refractivity contribution is 0.0917. The number of hydrogen-bond acceptors (Lipinski definition) is 3. The summed E-state index contributed by atoms with van der Waals surface area (Å²) in [7, 11) is 1.33. The summed E-state index contributed by atoms with van der Waals surface area (Å²) in [6, 6.07) is 2.84. The Labute approximate surface area is 102 Å². The molecule has 3 nitrogen and oxygen atoms in total. The van der Waals surface area contributed by atoms with E-state index < -0.39 is 0 Å². The summed E-state index contributed by atoms with van der Waals surface area (Å²) in [4.78, 5) is 23.5. The number of allylic oxidation sites excluding steroid dienone is 2. The Morgan fingerprint density at radius 2 is 1.88 bits per heavy atom. The molecule has 0 unspecified atom stereocenters. The number of ether oxygens (including phenoxy) is 1. The van der Waals surface area contributed by atoms with Crippen LogP contribution in [0.3, 0.4) is 0 Å². The van der Waals surface area contributed by atoms with Crippen LogP contribution in [-0.2, 0) is 4.74 Å². The van der Waals surface area contributed by atoms with Gasteiger partial charge < -0.3 is 4.74 Å². The zero-order valence-electron chi connectivity index (χ0n) is 8.21. The number of benzene rings is 1. The highest BCUT2D eigenvalue weighted by molar-refractivity contribution is 6.40. The molecule has 0 aromatic heterocycles. The summed E-state index contributed by atoms with van der Waals surface area (Å²) >= 11 is 11.6. The lowest BCUT2D eigenvalue weighted by Gasteiger charge is -2.15. The molecule has 1 aromatic rings. The Kier molecular flexibility index (Phi) is 2.74. The first-order chi connectivity index (χ1) is 7.54. The van der Waals surface area contributed by atoms with E-state index in [-0.39, 0.29) is 33.5 Å². The van der Waals surface area contributed by atoms with Gasteiger partial charge in [0.1, 0.15) is 0 Å². The molecule has 2 rings (SSSR count). The quantitative estimate of drug-likeness (QED) is 0.776. The van der Waals surface area contributed by atoms with Crippen LogP contribution in [0.2, 0.25) is 10.0 Å². The van der Waals surface area contributed by atoms with Gasteiger partial charge in [0, 0.05) is 16.7 Å². The standard InChI is InChI=1S/C11H6Cl2O3/c1-16-9-4-8(14)10-6(11(9)15)2-5(12)3-7(10)13/h2-4H,1H3. The Balaban J connectivity index is 2.71. The van der Waals surface area contributed by atoms with E-state index in [1.165, 1.54) is 19.2 Å². The largest absolute Gasteiger partial charge is 0.492 e. The summed E-state index contributed by atoms with van der Waals surface area (Å²) < 4.78 is 4.81. The molecule has 0 heterocycles. The fraction of sp³-hybridized carbons (Fsp3) is 0.0909. The molecule has 0 aliphatic heterocycles. The molecular weight excluding hydrogens is 251 g/mol. The zero-order chi connectivity index (χ0) is 11.9. The fourth-order valence-electron chi connectivity index (χ4n) is 1.54. The fourth-order valence-corrected chi connectivity index (χ4v) is 2.13. The molecule has 0 saturated carbocycles. The molecular formula is C11H6Cl2O3. The second-order valence-electron chi connectivity index (χ2n) is 3.22. The molecule has 82 valence electrons. The summed E-state index contributed by atoms with van der Waals surface area (Å²) in [6.07, 6.45) is 1.13. The van der Waals surface area contributed by atoms with E-state index in [4.69, 9.17) is 27.9 Å². The van der Waals surface area contributed by atoms with Crippen LogP contribution < -0.4 is 0 Å². The van der Waals surface area contributed by atoms with E-state index in [9.17, 15) is 9.59 Å². The second-order valence-corrected chi connectivity index (χ2v) is 4.06. The molecule has 0 spiro atoms. The Hall–Kier alpha value is -1.32. The molecule has 0 amide bonds. The van der Waals surface area contributed by atoms with Gasteiger partial charge in [-0.3, -0.25) is 9.59 Å². The van der Waals surface area contributed by atoms with Gasteiger partial charge in [-0.1, -0.05) is 23.2 Å². The molecule has 5 heteroatoms. The average Bonchev–Trinajstić information content (AvgIpc) is 2.22. The predicted octanol–water partition coefficient (Wildman–Crippen LogP) is 2.90. The molecule has 1 aliphatic rings. The van der Waals surface area contributed by atoms with Crippen LogP contribution in [0.25, 0.3) is 0 Å². The molecule has 0 fully saturated rings. The van der Waals surface area contributed by atoms with E-state index in [1.54, 1.807) is 0 Å². The number of Topliss-reactive ketones (excluding diaryl/α,β-unsaturated/α-hetero) is 1. The average molecular weight is 257 g/mol. The summed E-state index contributed by atoms with van der Waals surface area (Å²) in [6.45, 7) is 0. The van der Waals surface area contributed by atoms with Crippen LogP contribution >= 0.6 is 23.2 Å². The van der Waals surface area contributed by atoms with E-state index in [0.29, 0.717) is 5.02 Å². The van der Waals surface area contributed by atoms with E-state index in [2.05, 4.69) is 0 Å². The van der Waals surface area contributed by atoms with Crippen LogP contribution in [-0.4, -0.2) is 18.7 Å². The van der Waals surface area contributed by atoms with Crippen molar-refractivity contribution in [1.29, 1.82) is 0 Å². The molecule has 0 saturated heterocycles. The molecule has 1 aliphatic carbocycles. The topological polar surface area (TPSA) is 43.4 Å². The number of carbonyl (C=O) groups is 2. The van der Waals surface area contributed by atoms with Gasteiger partial charge in [-0.05, 0) is 12.1 Å². The van der Waals surface area contributed by atoms with Crippen molar-refractivity contribution in [2.45, 2.75) is 0 Å². The molecule has 0 N–H and O–H groups in total. The number of ketones is 2. The van der Waals surface area contributed by atoms with Crippen molar-refractivity contribution in [1.82, 2.24) is 0 Å². The minimum Gasteiger partial charge on any atom is -0.492 e. The van der Waals surface area contributed by atoms with Gasteiger partial charge in [-0.2, -0.15) is 0 Å². The molecule has 16 heavy (non-hydrogen) atoms. The number of fused-ring (bicyclic) bond motifs is 1. The SMILES string of the molecule is COC1=CC(=O)c2c(Cl)cc(Cl)cc2C1=O. The van der Waals surface area contributed by atoms with Crippen molar-refractivity contribution >= 4 is 34.8 Å². The van der Waals surface area contributed by atoms with Gasteiger partial charge >= 0.3 is 0 Å². The minimum atomic E-state index is -0.387. The Morgan fingerprint density at radius 1 is 1.19 bits per heavy atom. The third-order valence-corrected chi connectivity index (χ3v) is 2.77. The lowest BCUT2D eigenvalue weighted by Crippen LogP contribution is -2.18. The summed E-state index contributed by atoms with van der Waals surface area (Å²) in [5.41, 5.74) is 0.360. The zero-order valence-corrected chi connectivity index (χ0v) is 9.72. The van der Waals surface area contributed by atoms with Crippen LogP contribution in [0.5, 0.6) is 0 Å². The minimum absolute atomic E-state index is 0.00386. The van der Waals surface area contributed by atoms with Crippen molar-refractivity contribution in [3.8, 4) is 0 Å². The highest BCUT2D eigenvalue weighted by Crippen LogP contribution is 2.30. The summed E-state index contributed by atoms with van der Waals surface area (Å²) in [5.74, 6) is -0.745. The van der Waals surface area contributed by atoms with Crippen LogP contribution in [0.4, 0.5) is 0 Å². The van der Waals surface area contributed by atoms with Crippen molar-refractivity contribution in [2.24, 2.45) is 0 Å². The third kappa shape index (κ3) is 1.62. The smallest absolute Gasteiger partial charge is 0.228 e. The molecule has 0 bridgehead atoms. The molecule has 1 aromatic carbocycles. The number of methoxy groups -OCH3 is 1. The Morgan fingerprint density at radius 3 is 2.50 bits per heavy atom. The maximum atomic E-state index is 11.8. The maximum Gasteiger partial charge on any atom is 0.228 e. The van der Waals surface area contributed by atoms with Crippen LogP contribution in [0.1, 0.15) is 20.7 Å². The van der Waals surface area contributed by atoms with E-state index in [1.807, 2.05) is 0 Å². The summed E-state index contributed by atoms with van der Waals surface area (Å²) in [5, 5.41) is 0.481. The van der Waals surface area contributed by atoms with Crippen molar-refractivity contribution < 1.29 is 14.3 Å². The monoisotopic (exact) mass is 256 g/mol. The Bertz CT molecular complexity index is 532. The maximum absolute atomic E-state index is 11.8. The number of carbonyl (C=O) groups excluding carboxylic acids is 2. The van der Waals surface area contributed by atoms with Crippen molar-refractivity contribution in [3.63, 3.8) is 0 Å². The molecule has 0 atom stereocenters. The van der Waals surface area contributed by atoms with Crippen molar-refractivity contribution in [2.75, 3.05) is 7.11 Å². The first kappa shape index (κ1) is 11.2. The first-order valence-electron chi connectivity index (χ1n) is 4.38. The number of halogens is 2. The van der Waals surface area contributed by atoms with Gasteiger partial charge in [0.05, 0.1) is 17.7 Å². The normalized spacial score (nSPS) is 14.6. The lowest BCUT2D eigenvalue weighted by atomic mass is 9.93. The van der Waals surface area contributed by atoms with Gasteiger partial charge in [0.2, 0.25) is 5.78 Å². The van der Waals surface area contributed by atoms with E-state index >= 15 is 0 Å². The first-order valence-corrected chi connectivity index (χ1v) is 5.14. The highest BCUT2D eigenvalue weighted by atomic mass is 35.5. The van der Waals surface area contributed by atoms with Gasteiger partial charge in [-0.15, -0.1) is 0 Å². The van der Waals surface area contributed by atoms with Crippen LogP contribution in [0.15, 0.2) is 24.0 Å². The van der Waals surface area contributed by atoms with Gasteiger partial charge in [-0.25, -0.2) is 0 Å². The number of hydrogen-bond donors (Lipinski definition) is 0. The van der Waals surface area contributed by atoms with E-state index in [0.717, 1.165) is 6.08 Å². The second kappa shape index (κ2) is 3.92. The predicted molar refractivity (Wildman–Crippen MR) is 60.2 cm³/mol. The van der Waals surface area contributed by atoms with Gasteiger partial charge in [0.15, 0.2) is 11.5 Å². The highest BCUT2D eigenvalue weighted by Gasteiger charge is 2.28. The molecule has 0 radical (unpaired) electrons. The van der Waals surface area contributed by atoms with Crippen molar-refractivity contribution in [3.05, 3.63) is 45.1 Å².